The van der Waals surface area contributed by atoms with Crippen LogP contribution in [0.1, 0.15) is 32.1 Å². The molecular formula is C22H26N2O5S. The van der Waals surface area contributed by atoms with Crippen LogP contribution in [0.15, 0.2) is 36.4 Å². The summed E-state index contributed by atoms with van der Waals surface area (Å²) >= 11 is 1.35. The summed E-state index contributed by atoms with van der Waals surface area (Å²) in [6.45, 7) is 3.77. The Kier molecular flexibility index (Phi) is 7.59. The summed E-state index contributed by atoms with van der Waals surface area (Å²) < 4.78 is 9.90. The van der Waals surface area contributed by atoms with Gasteiger partial charge in [0.15, 0.2) is 0 Å². The lowest BCUT2D eigenvalue weighted by Gasteiger charge is -2.37. The Morgan fingerprint density at radius 3 is 2.80 bits per heavy atom. The number of methoxy groups -OCH3 is 1. The third kappa shape index (κ3) is 5.90. The lowest BCUT2D eigenvalue weighted by molar-refractivity contribution is -0.121. The van der Waals surface area contributed by atoms with E-state index in [0.717, 1.165) is 16.0 Å². The molecule has 0 spiro atoms. The fourth-order valence-corrected chi connectivity index (χ4v) is 4.26. The highest BCUT2D eigenvalue weighted by Crippen LogP contribution is 2.19. The molecule has 0 bridgehead atoms. The first kappa shape index (κ1) is 22.0. The molecule has 0 unspecified atom stereocenters. The maximum atomic E-state index is 12.4. The van der Waals surface area contributed by atoms with Crippen LogP contribution in [0.4, 0.5) is 4.79 Å². The van der Waals surface area contributed by atoms with Gasteiger partial charge in [-0.1, -0.05) is 29.8 Å². The van der Waals surface area contributed by atoms with Crippen LogP contribution in [0.25, 0.3) is 0 Å². The Balaban J connectivity index is 1.53. The number of carbonyl (C=O) groups is 3. The predicted octanol–water partition coefficient (Wildman–Crippen LogP) is 3.26. The Morgan fingerprint density at radius 2 is 2.03 bits per heavy atom. The lowest BCUT2D eigenvalue weighted by atomic mass is 10.0. The number of benzene rings is 1. The molecule has 1 saturated heterocycles. The van der Waals surface area contributed by atoms with Gasteiger partial charge in [0.1, 0.15) is 17.3 Å². The van der Waals surface area contributed by atoms with Gasteiger partial charge in [0.25, 0.3) is 0 Å². The number of amides is 1. The van der Waals surface area contributed by atoms with E-state index >= 15 is 0 Å². The Bertz CT molecular complexity index is 910. The first-order valence-corrected chi connectivity index (χ1v) is 10.7. The maximum absolute atomic E-state index is 12.4. The molecule has 7 nitrogen and oxygen atoms in total. The van der Waals surface area contributed by atoms with Crippen molar-refractivity contribution >= 4 is 29.2 Å². The minimum absolute atomic E-state index is 0.139. The van der Waals surface area contributed by atoms with E-state index in [1.807, 2.05) is 42.3 Å². The van der Waals surface area contributed by atoms with Crippen LogP contribution in [0, 0.1) is 6.92 Å². The van der Waals surface area contributed by atoms with Crippen LogP contribution in [0.5, 0.6) is 0 Å². The van der Waals surface area contributed by atoms with Crippen LogP contribution >= 0.6 is 11.3 Å². The molecular weight excluding hydrogens is 404 g/mol. The fourth-order valence-electron chi connectivity index (χ4n) is 3.34. The highest BCUT2D eigenvalue weighted by atomic mass is 32.1. The predicted molar refractivity (Wildman–Crippen MR) is 113 cm³/mol. The lowest BCUT2D eigenvalue weighted by Crippen LogP contribution is -2.53. The van der Waals surface area contributed by atoms with Crippen molar-refractivity contribution in [1.82, 2.24) is 10.0 Å². The first-order chi connectivity index (χ1) is 14.5. The van der Waals surface area contributed by atoms with Gasteiger partial charge in [-0.25, -0.2) is 19.6 Å². The van der Waals surface area contributed by atoms with Crippen molar-refractivity contribution in [3.8, 4) is 0 Å². The number of hydrazine groups is 1. The van der Waals surface area contributed by atoms with Gasteiger partial charge in [-0.15, -0.1) is 11.3 Å². The molecule has 2 aromatic rings. The topological polar surface area (TPSA) is 76.2 Å². The molecule has 0 radical (unpaired) electrons. The molecule has 0 aliphatic carbocycles. The number of Topliss-reactive ketones (excluding diaryl/α,β-unsaturated/α-hetero) is 1. The summed E-state index contributed by atoms with van der Waals surface area (Å²) in [5.74, 6) is -0.224. The van der Waals surface area contributed by atoms with Crippen molar-refractivity contribution in [3.63, 3.8) is 0 Å². The minimum Gasteiger partial charge on any atom is -0.465 e. The number of rotatable bonds is 9. The smallest absolute Gasteiger partial charge is 0.424 e. The Morgan fingerprint density at radius 1 is 1.20 bits per heavy atom. The number of ether oxygens (including phenoxy) is 2. The van der Waals surface area contributed by atoms with Gasteiger partial charge in [-0.2, -0.15) is 0 Å². The molecule has 1 aromatic carbocycles. The van der Waals surface area contributed by atoms with Crippen LogP contribution in [0.3, 0.4) is 0 Å². The third-order valence-electron chi connectivity index (χ3n) is 4.88. The summed E-state index contributed by atoms with van der Waals surface area (Å²) in [6, 6.07) is 11.5. The van der Waals surface area contributed by atoms with Gasteiger partial charge in [-0.05, 0) is 24.6 Å². The second-order valence-electron chi connectivity index (χ2n) is 7.15. The summed E-state index contributed by atoms with van der Waals surface area (Å²) in [5, 5.41) is 3.44. The normalized spacial score (nSPS) is 14.5. The number of esters is 1. The highest BCUT2D eigenvalue weighted by Gasteiger charge is 2.27. The number of carbonyl (C=O) groups excluding carboxylic acids is 3. The van der Waals surface area contributed by atoms with Gasteiger partial charge in [-0.3, -0.25) is 4.79 Å². The number of thiophene rings is 1. The van der Waals surface area contributed by atoms with Crippen LogP contribution < -0.4 is 0 Å². The minimum atomic E-state index is -0.405. The molecule has 8 heteroatoms. The van der Waals surface area contributed by atoms with Crippen LogP contribution in [-0.2, 0) is 27.1 Å². The molecule has 30 heavy (non-hydrogen) atoms. The monoisotopic (exact) mass is 430 g/mol. The molecule has 1 amide bonds. The largest absolute Gasteiger partial charge is 0.465 e. The standard InChI is InChI=1S/C22H26N2O5S/c1-16-4-3-5-17(14-16)15-18(25)8-10-23-12-13-29-22(27)24(23)11-9-19-6-7-20(30-19)21(26)28-2/h3-7,14H,8-13,15H2,1-2H3. The average Bonchev–Trinajstić information content (AvgIpc) is 3.20. The number of nitrogens with zero attached hydrogens (tertiary/aromatic N) is 2. The molecule has 1 aliphatic heterocycles. The van der Waals surface area contributed by atoms with E-state index in [9.17, 15) is 14.4 Å². The van der Waals surface area contributed by atoms with E-state index in [0.29, 0.717) is 50.4 Å². The molecule has 1 fully saturated rings. The quantitative estimate of drug-likeness (QED) is 0.569. The fraction of sp³-hybridized carbons (Fsp3) is 0.409. The SMILES string of the molecule is COC(=O)c1ccc(CCN2C(=O)OCCN2CCC(=O)Cc2cccc(C)c2)s1. The van der Waals surface area contributed by atoms with Gasteiger partial charge in [0, 0.05) is 37.2 Å². The Hall–Kier alpha value is -2.71. The molecule has 0 saturated carbocycles. The molecule has 2 heterocycles. The van der Waals surface area contributed by atoms with E-state index in [1.54, 1.807) is 11.1 Å². The molecule has 1 aliphatic rings. The number of cyclic esters (lactones) is 1. The van der Waals surface area contributed by atoms with Crippen molar-refractivity contribution in [3.05, 3.63) is 57.3 Å². The Labute approximate surface area is 180 Å². The molecule has 1 aromatic heterocycles. The van der Waals surface area contributed by atoms with E-state index in [2.05, 4.69) is 0 Å². The van der Waals surface area contributed by atoms with E-state index in [-0.39, 0.29) is 11.8 Å². The zero-order chi connectivity index (χ0) is 21.5. The molecule has 3 rings (SSSR count). The van der Waals surface area contributed by atoms with Gasteiger partial charge in [0.2, 0.25) is 0 Å². The van der Waals surface area contributed by atoms with Crippen molar-refractivity contribution in [1.29, 1.82) is 0 Å². The zero-order valence-corrected chi connectivity index (χ0v) is 18.1. The van der Waals surface area contributed by atoms with Crippen LogP contribution in [-0.4, -0.2) is 61.2 Å². The van der Waals surface area contributed by atoms with Crippen molar-refractivity contribution < 1.29 is 23.9 Å². The molecule has 0 N–H and O–H groups in total. The summed E-state index contributed by atoms with van der Waals surface area (Å²) in [6.07, 6.45) is 0.941. The third-order valence-corrected chi connectivity index (χ3v) is 6.00. The second kappa shape index (κ2) is 10.4. The maximum Gasteiger partial charge on any atom is 0.424 e. The molecule has 0 atom stereocenters. The number of aryl methyl sites for hydroxylation is 1. The van der Waals surface area contributed by atoms with Gasteiger partial charge >= 0.3 is 12.1 Å². The number of hydrogen-bond donors (Lipinski definition) is 0. The summed E-state index contributed by atoms with van der Waals surface area (Å²) in [4.78, 5) is 37.8. The second-order valence-corrected chi connectivity index (χ2v) is 8.32. The van der Waals surface area contributed by atoms with E-state index in [1.165, 1.54) is 18.4 Å². The summed E-state index contributed by atoms with van der Waals surface area (Å²) in [7, 11) is 1.35. The molecule has 160 valence electrons. The van der Waals surface area contributed by atoms with Gasteiger partial charge in [0.05, 0.1) is 13.7 Å². The highest BCUT2D eigenvalue weighted by molar-refractivity contribution is 7.13. The van der Waals surface area contributed by atoms with Gasteiger partial charge < -0.3 is 9.47 Å². The van der Waals surface area contributed by atoms with E-state index in [4.69, 9.17) is 9.47 Å². The van der Waals surface area contributed by atoms with Crippen molar-refractivity contribution in [2.75, 3.05) is 33.4 Å². The zero-order valence-electron chi connectivity index (χ0n) is 17.3. The first-order valence-electron chi connectivity index (χ1n) is 9.89. The van der Waals surface area contributed by atoms with Crippen molar-refractivity contribution in [2.24, 2.45) is 0 Å². The van der Waals surface area contributed by atoms with Crippen molar-refractivity contribution in [2.45, 2.75) is 26.2 Å². The van der Waals surface area contributed by atoms with Crippen LogP contribution in [0.2, 0.25) is 0 Å². The van der Waals surface area contributed by atoms with E-state index < -0.39 is 6.09 Å². The number of hydrogen-bond acceptors (Lipinski definition) is 7. The number of ketones is 1. The summed E-state index contributed by atoms with van der Waals surface area (Å²) in [5.41, 5.74) is 2.14. The average molecular weight is 431 g/mol.